The van der Waals surface area contributed by atoms with E-state index in [0.29, 0.717) is 11.3 Å². The van der Waals surface area contributed by atoms with Crippen LogP contribution < -0.4 is 5.73 Å². The van der Waals surface area contributed by atoms with Crippen molar-refractivity contribution in [3.63, 3.8) is 0 Å². The Morgan fingerprint density at radius 2 is 2.29 bits per heavy atom. The van der Waals surface area contributed by atoms with Crippen molar-refractivity contribution in [2.75, 3.05) is 5.73 Å². The van der Waals surface area contributed by atoms with Crippen LogP contribution >= 0.6 is 0 Å². The third-order valence-electron chi connectivity index (χ3n) is 2.07. The van der Waals surface area contributed by atoms with Gasteiger partial charge in [0.25, 0.3) is 5.69 Å². The summed E-state index contributed by atoms with van der Waals surface area (Å²) in [5.74, 6) is 0.386. The molecule has 1 aromatic carbocycles. The molecule has 0 aliphatic carbocycles. The van der Waals surface area contributed by atoms with Crippen LogP contribution in [0.4, 0.5) is 11.5 Å². The molecule has 0 aliphatic rings. The van der Waals surface area contributed by atoms with Crippen LogP contribution in [0.2, 0.25) is 0 Å². The molecule has 1 heterocycles. The van der Waals surface area contributed by atoms with E-state index in [-0.39, 0.29) is 5.69 Å². The van der Waals surface area contributed by atoms with Crippen LogP contribution in [0.5, 0.6) is 0 Å². The molecule has 0 atom stereocenters. The molecule has 0 spiro atoms. The minimum atomic E-state index is -0.442. The fourth-order valence-corrected chi connectivity index (χ4v) is 1.39. The lowest BCUT2D eigenvalue weighted by Gasteiger charge is -1.93. The minimum absolute atomic E-state index is 0.0421. The van der Waals surface area contributed by atoms with E-state index in [1.807, 2.05) is 0 Å². The number of nitrogens with zero attached hydrogens (tertiary/aromatic N) is 3. The van der Waals surface area contributed by atoms with E-state index in [1.54, 1.807) is 13.1 Å². The third-order valence-corrected chi connectivity index (χ3v) is 2.07. The van der Waals surface area contributed by atoms with Crippen LogP contribution in [0, 0.1) is 10.1 Å². The van der Waals surface area contributed by atoms with Crippen molar-refractivity contribution in [1.82, 2.24) is 9.78 Å². The van der Waals surface area contributed by atoms with Crippen LogP contribution in [0.15, 0.2) is 18.2 Å². The van der Waals surface area contributed by atoms with Gasteiger partial charge in [-0.3, -0.25) is 14.8 Å². The fourth-order valence-electron chi connectivity index (χ4n) is 1.39. The lowest BCUT2D eigenvalue weighted by molar-refractivity contribution is -0.384. The molecule has 0 bridgehead atoms. The van der Waals surface area contributed by atoms with Gasteiger partial charge in [-0.15, -0.1) is 0 Å². The van der Waals surface area contributed by atoms with E-state index >= 15 is 0 Å². The Balaban J connectivity index is 2.77. The highest BCUT2D eigenvalue weighted by Crippen LogP contribution is 2.24. The molecule has 1 aromatic heterocycles. The molecule has 0 amide bonds. The van der Waals surface area contributed by atoms with Crippen molar-refractivity contribution >= 4 is 22.4 Å². The second-order valence-corrected chi connectivity index (χ2v) is 2.97. The summed E-state index contributed by atoms with van der Waals surface area (Å²) in [6.45, 7) is 0. The van der Waals surface area contributed by atoms with Crippen LogP contribution in [0.25, 0.3) is 10.9 Å². The number of aromatic nitrogens is 2. The number of nitro benzene ring substituents is 1. The molecule has 2 aromatic rings. The Kier molecular flexibility index (Phi) is 1.63. The number of hydrogen-bond acceptors (Lipinski definition) is 4. The normalized spacial score (nSPS) is 10.6. The number of benzene rings is 1. The average molecular weight is 192 g/mol. The van der Waals surface area contributed by atoms with Gasteiger partial charge in [-0.1, -0.05) is 0 Å². The first kappa shape index (κ1) is 8.49. The van der Waals surface area contributed by atoms with Crippen molar-refractivity contribution in [2.24, 2.45) is 7.05 Å². The van der Waals surface area contributed by atoms with Crippen molar-refractivity contribution < 1.29 is 4.92 Å². The number of anilines is 1. The van der Waals surface area contributed by atoms with E-state index in [9.17, 15) is 10.1 Å². The average Bonchev–Trinajstić information content (AvgIpc) is 2.42. The molecule has 2 N–H and O–H groups in total. The van der Waals surface area contributed by atoms with Crippen molar-refractivity contribution in [3.8, 4) is 0 Å². The minimum Gasteiger partial charge on any atom is -0.382 e. The Morgan fingerprint density at radius 1 is 1.57 bits per heavy atom. The number of hydrogen-bond donors (Lipinski definition) is 1. The fraction of sp³-hybridized carbons (Fsp3) is 0.125. The molecule has 0 saturated heterocycles. The monoisotopic (exact) mass is 192 g/mol. The molecule has 6 nitrogen and oxygen atoms in total. The van der Waals surface area contributed by atoms with E-state index in [1.165, 1.54) is 16.8 Å². The molecule has 72 valence electrons. The lowest BCUT2D eigenvalue weighted by Crippen LogP contribution is -1.92. The molecule has 6 heteroatoms. The summed E-state index contributed by atoms with van der Waals surface area (Å²) in [6.07, 6.45) is 0. The predicted molar refractivity (Wildman–Crippen MR) is 51.8 cm³/mol. The number of aryl methyl sites for hydroxylation is 1. The summed E-state index contributed by atoms with van der Waals surface area (Å²) in [7, 11) is 1.70. The lowest BCUT2D eigenvalue weighted by atomic mass is 10.2. The highest BCUT2D eigenvalue weighted by molar-refractivity contribution is 5.90. The largest absolute Gasteiger partial charge is 0.382 e. The van der Waals surface area contributed by atoms with Gasteiger partial charge in [0.2, 0.25) is 0 Å². The molecular formula is C8H8N4O2. The standard InChI is InChI=1S/C8H8N4O2/c1-11-7-4-5(12(13)14)2-3-6(7)8(9)10-11/h2-4H,1H3,(H2,9,10). The summed E-state index contributed by atoms with van der Waals surface area (Å²) in [6, 6.07) is 4.48. The van der Waals surface area contributed by atoms with Crippen LogP contribution in [0.3, 0.4) is 0 Å². The second-order valence-electron chi connectivity index (χ2n) is 2.97. The van der Waals surface area contributed by atoms with Gasteiger partial charge in [0.1, 0.15) is 0 Å². The highest BCUT2D eigenvalue weighted by Gasteiger charge is 2.11. The zero-order chi connectivity index (χ0) is 10.3. The van der Waals surface area contributed by atoms with E-state index < -0.39 is 4.92 Å². The number of nitro groups is 1. The van der Waals surface area contributed by atoms with Gasteiger partial charge in [-0.25, -0.2) is 0 Å². The SMILES string of the molecule is Cn1nc(N)c2ccc([N+](=O)[O-])cc21. The van der Waals surface area contributed by atoms with E-state index in [4.69, 9.17) is 5.73 Å². The maximum Gasteiger partial charge on any atom is 0.271 e. The molecule has 0 unspecified atom stereocenters. The molecule has 0 radical (unpaired) electrons. The summed E-state index contributed by atoms with van der Waals surface area (Å²) >= 11 is 0. The van der Waals surface area contributed by atoms with Gasteiger partial charge in [0.15, 0.2) is 5.82 Å². The number of rotatable bonds is 1. The first-order chi connectivity index (χ1) is 6.59. The highest BCUT2D eigenvalue weighted by atomic mass is 16.6. The van der Waals surface area contributed by atoms with Gasteiger partial charge in [0.05, 0.1) is 10.4 Å². The van der Waals surface area contributed by atoms with Gasteiger partial charge in [-0.05, 0) is 6.07 Å². The number of non-ortho nitro benzene ring substituents is 1. The van der Waals surface area contributed by atoms with Crippen molar-refractivity contribution in [3.05, 3.63) is 28.3 Å². The van der Waals surface area contributed by atoms with Gasteiger partial charge in [-0.2, -0.15) is 5.10 Å². The van der Waals surface area contributed by atoms with Crippen LogP contribution in [0.1, 0.15) is 0 Å². The Morgan fingerprint density at radius 3 is 2.93 bits per heavy atom. The molecule has 0 fully saturated rings. The molecular weight excluding hydrogens is 184 g/mol. The van der Waals surface area contributed by atoms with E-state index in [0.717, 1.165) is 5.39 Å². The quantitative estimate of drug-likeness (QED) is 0.540. The van der Waals surface area contributed by atoms with E-state index in [2.05, 4.69) is 5.10 Å². The summed E-state index contributed by atoms with van der Waals surface area (Å²) in [5, 5.41) is 15.2. The number of fused-ring (bicyclic) bond motifs is 1. The van der Waals surface area contributed by atoms with Gasteiger partial charge >= 0.3 is 0 Å². The Labute approximate surface area is 79.1 Å². The molecule has 14 heavy (non-hydrogen) atoms. The predicted octanol–water partition coefficient (Wildman–Crippen LogP) is 1.06. The first-order valence-electron chi connectivity index (χ1n) is 3.96. The Hall–Kier alpha value is -2.11. The number of nitrogen functional groups attached to an aromatic ring is 1. The van der Waals surface area contributed by atoms with Crippen molar-refractivity contribution in [1.29, 1.82) is 0 Å². The zero-order valence-electron chi connectivity index (χ0n) is 7.47. The molecule has 2 rings (SSSR count). The van der Waals surface area contributed by atoms with Crippen LogP contribution in [-0.4, -0.2) is 14.7 Å². The number of nitrogens with two attached hydrogens (primary N) is 1. The van der Waals surface area contributed by atoms with Gasteiger partial charge < -0.3 is 5.73 Å². The van der Waals surface area contributed by atoms with Gasteiger partial charge in [0, 0.05) is 24.6 Å². The summed E-state index contributed by atoms with van der Waals surface area (Å²) < 4.78 is 1.53. The smallest absolute Gasteiger partial charge is 0.271 e. The topological polar surface area (TPSA) is 87.0 Å². The van der Waals surface area contributed by atoms with Crippen molar-refractivity contribution in [2.45, 2.75) is 0 Å². The van der Waals surface area contributed by atoms with Crippen LogP contribution in [-0.2, 0) is 7.05 Å². The molecule has 0 saturated carbocycles. The zero-order valence-corrected chi connectivity index (χ0v) is 7.47. The Bertz CT molecular complexity index is 517. The maximum atomic E-state index is 10.5. The third kappa shape index (κ3) is 1.08. The molecule has 0 aliphatic heterocycles. The first-order valence-corrected chi connectivity index (χ1v) is 3.96. The second kappa shape index (κ2) is 2.69. The summed E-state index contributed by atoms with van der Waals surface area (Å²) in [4.78, 5) is 10.1. The summed E-state index contributed by atoms with van der Waals surface area (Å²) in [5.41, 5.74) is 6.31. The maximum absolute atomic E-state index is 10.5.